The van der Waals surface area contributed by atoms with Gasteiger partial charge in [0.05, 0.1) is 54.4 Å². The van der Waals surface area contributed by atoms with Crippen LogP contribution < -0.4 is 9.47 Å². The highest BCUT2D eigenvalue weighted by Crippen LogP contribution is 2.32. The van der Waals surface area contributed by atoms with Crippen molar-refractivity contribution in [1.29, 1.82) is 0 Å². The number of Topliss-reactive ketones (excluding diaryl/α,β-unsaturated/α-hetero) is 1. The Morgan fingerprint density at radius 3 is 2.53 bits per heavy atom. The molecule has 3 aromatic carbocycles. The molecule has 0 radical (unpaired) electrons. The number of H-pyrrole nitrogens is 1. The van der Waals surface area contributed by atoms with Crippen molar-refractivity contribution in [3.63, 3.8) is 0 Å². The van der Waals surface area contributed by atoms with Crippen molar-refractivity contribution in [2.24, 2.45) is 0 Å². The average Bonchev–Trinajstić information content (AvgIpc) is 3.56. The predicted octanol–water partition coefficient (Wildman–Crippen LogP) is 4.55. The van der Waals surface area contributed by atoms with Gasteiger partial charge in [-0.1, -0.05) is 12.1 Å². The normalized spacial score (nSPS) is 11.9. The molecule has 0 aliphatic rings. The zero-order valence-corrected chi connectivity index (χ0v) is 20.1. The number of hydrogen-bond acceptors (Lipinski definition) is 8. The number of hydrogen-bond donors (Lipinski definition) is 2. The number of rotatable bonds is 8. The number of fused-ring (bicyclic) bond motifs is 2. The lowest BCUT2D eigenvalue weighted by Crippen LogP contribution is -2.15. The van der Waals surface area contributed by atoms with Crippen LogP contribution in [0, 0.1) is 0 Å². The summed E-state index contributed by atoms with van der Waals surface area (Å²) < 4.78 is 19.2. The van der Waals surface area contributed by atoms with Crippen LogP contribution in [0.2, 0.25) is 0 Å². The number of carboxylic acid groups (broad SMARTS) is 1. The summed E-state index contributed by atoms with van der Waals surface area (Å²) in [5, 5.41) is 10.3. The number of ether oxygens (including phenoxy) is 2. The second kappa shape index (κ2) is 9.59. The van der Waals surface area contributed by atoms with Crippen LogP contribution in [-0.2, 0) is 11.2 Å². The van der Waals surface area contributed by atoms with E-state index < -0.39 is 11.8 Å². The van der Waals surface area contributed by atoms with Crippen LogP contribution in [0.15, 0.2) is 66.5 Å². The topological polar surface area (TPSA) is 127 Å². The van der Waals surface area contributed by atoms with Gasteiger partial charge in [0.25, 0.3) is 0 Å². The van der Waals surface area contributed by atoms with Crippen LogP contribution in [0.4, 0.5) is 0 Å². The Morgan fingerprint density at radius 1 is 0.944 bits per heavy atom. The second-order valence-electron chi connectivity index (χ2n) is 7.95. The molecule has 0 bridgehead atoms. The number of aromatic nitrogens is 4. The lowest BCUT2D eigenvalue weighted by Gasteiger charge is -2.15. The molecule has 180 valence electrons. The summed E-state index contributed by atoms with van der Waals surface area (Å²) in [6.45, 7) is 0. The van der Waals surface area contributed by atoms with Gasteiger partial charge < -0.3 is 19.6 Å². The summed E-state index contributed by atoms with van der Waals surface area (Å²) in [4.78, 5) is 34.0. The van der Waals surface area contributed by atoms with E-state index in [1.54, 1.807) is 42.7 Å². The molecule has 2 aromatic heterocycles. The maximum absolute atomic E-state index is 14.0. The van der Waals surface area contributed by atoms with Crippen molar-refractivity contribution >= 4 is 51.1 Å². The monoisotopic (exact) mass is 500 g/mol. The number of imidazole rings is 1. The molecule has 0 unspecified atom stereocenters. The van der Waals surface area contributed by atoms with Crippen LogP contribution in [0.3, 0.4) is 0 Å². The molecular weight excluding hydrogens is 480 g/mol. The lowest BCUT2D eigenvalue weighted by atomic mass is 9.89. The zero-order valence-electron chi connectivity index (χ0n) is 19.3. The summed E-state index contributed by atoms with van der Waals surface area (Å²) >= 11 is 1.04. The highest BCUT2D eigenvalue weighted by Gasteiger charge is 2.27. The fraction of sp³-hybridized carbons (Fsp3) is 0.115. The molecule has 0 aliphatic heterocycles. The molecule has 0 spiro atoms. The molecule has 0 aliphatic carbocycles. The van der Waals surface area contributed by atoms with E-state index in [9.17, 15) is 14.7 Å². The minimum atomic E-state index is -1.23. The number of benzene rings is 3. The minimum absolute atomic E-state index is 0.0587. The van der Waals surface area contributed by atoms with Gasteiger partial charge in [0, 0.05) is 12.0 Å². The number of nitrogens with one attached hydrogen (secondary N) is 1. The third-order valence-corrected chi connectivity index (χ3v) is 6.41. The molecular formula is C26H20N4O5S. The van der Waals surface area contributed by atoms with Crippen molar-refractivity contribution in [1.82, 2.24) is 18.7 Å². The van der Waals surface area contributed by atoms with Gasteiger partial charge in [-0.05, 0) is 53.6 Å². The van der Waals surface area contributed by atoms with Crippen LogP contribution in [0.5, 0.6) is 11.5 Å². The molecule has 2 N–H and O–H groups in total. The third kappa shape index (κ3) is 4.29. The van der Waals surface area contributed by atoms with Crippen molar-refractivity contribution < 1.29 is 24.2 Å². The maximum atomic E-state index is 14.0. The summed E-state index contributed by atoms with van der Waals surface area (Å²) in [7, 11) is 2.95. The van der Waals surface area contributed by atoms with Crippen LogP contribution in [0.25, 0.3) is 27.6 Å². The molecule has 2 heterocycles. The van der Waals surface area contributed by atoms with Gasteiger partial charge in [-0.15, -0.1) is 0 Å². The second-order valence-corrected chi connectivity index (χ2v) is 8.48. The summed E-state index contributed by atoms with van der Waals surface area (Å²) in [6, 6.07) is 15.3. The van der Waals surface area contributed by atoms with Crippen molar-refractivity contribution in [3.8, 4) is 11.5 Å². The molecule has 36 heavy (non-hydrogen) atoms. The standard InChI is InChI=1S/C26H20N4O5S/c1-34-16-5-8-23(35-2)17(12-16)25(31)18(9-14-3-6-19-21(10-14)28-13-27-19)24(26(32)33)15-4-7-20-22(11-15)30-36-29-20/h3-8,10-13H,9H2,1-2H3,(H,27,28)(H,32,33). The smallest absolute Gasteiger partial charge is 0.336 e. The predicted molar refractivity (Wildman–Crippen MR) is 136 cm³/mol. The van der Waals surface area contributed by atoms with E-state index in [0.717, 1.165) is 28.3 Å². The van der Waals surface area contributed by atoms with E-state index in [1.807, 2.05) is 18.2 Å². The molecule has 0 fully saturated rings. The SMILES string of the molecule is COc1ccc(OC)c(C(=O)C(Cc2ccc3nc[nH]c3c2)=C(C(=O)O)c2ccc3nsnc3c2)c1. The molecule has 0 atom stereocenters. The van der Waals surface area contributed by atoms with Gasteiger partial charge in [-0.25, -0.2) is 9.78 Å². The Hall–Kier alpha value is -4.57. The van der Waals surface area contributed by atoms with Crippen LogP contribution >= 0.6 is 11.7 Å². The van der Waals surface area contributed by atoms with Crippen molar-refractivity contribution in [3.05, 3.63) is 83.2 Å². The number of carbonyl (C=O) groups excluding carboxylic acids is 1. The highest BCUT2D eigenvalue weighted by molar-refractivity contribution is 7.00. The van der Waals surface area contributed by atoms with E-state index in [-0.39, 0.29) is 23.1 Å². The number of nitrogens with zero attached hydrogens (tertiary/aromatic N) is 3. The van der Waals surface area contributed by atoms with Crippen molar-refractivity contribution in [2.75, 3.05) is 14.2 Å². The molecule has 0 saturated carbocycles. The summed E-state index contributed by atoms with van der Waals surface area (Å²) in [5.74, 6) is -0.954. The van der Waals surface area contributed by atoms with E-state index in [4.69, 9.17) is 9.47 Å². The quantitative estimate of drug-likeness (QED) is 0.235. The van der Waals surface area contributed by atoms with E-state index in [1.165, 1.54) is 14.2 Å². The third-order valence-electron chi connectivity index (χ3n) is 5.85. The van der Waals surface area contributed by atoms with Gasteiger partial charge in [-0.3, -0.25) is 4.79 Å². The fourth-order valence-corrected chi connectivity index (χ4v) is 4.61. The number of carbonyl (C=O) groups is 2. The number of allylic oxidation sites excluding steroid dienone is 1. The number of aliphatic carboxylic acids is 1. The van der Waals surface area contributed by atoms with Crippen molar-refractivity contribution in [2.45, 2.75) is 6.42 Å². The Balaban J connectivity index is 1.73. The van der Waals surface area contributed by atoms with E-state index in [2.05, 4.69) is 18.7 Å². The number of aromatic amines is 1. The Kier molecular flexibility index (Phi) is 6.17. The van der Waals surface area contributed by atoms with Gasteiger partial charge >= 0.3 is 5.97 Å². The first kappa shape index (κ1) is 23.2. The van der Waals surface area contributed by atoms with Crippen LogP contribution in [0.1, 0.15) is 21.5 Å². The fourth-order valence-electron chi connectivity index (χ4n) is 4.10. The lowest BCUT2D eigenvalue weighted by molar-refractivity contribution is -0.130. The Morgan fingerprint density at radius 2 is 1.75 bits per heavy atom. The first-order chi connectivity index (χ1) is 17.5. The molecule has 5 rings (SSSR count). The Bertz CT molecular complexity index is 1650. The minimum Gasteiger partial charge on any atom is -0.497 e. The molecule has 10 heteroatoms. The number of carboxylic acids is 1. The van der Waals surface area contributed by atoms with Crippen LogP contribution in [-0.4, -0.2) is 49.8 Å². The van der Waals surface area contributed by atoms with E-state index in [0.29, 0.717) is 28.1 Å². The zero-order chi connectivity index (χ0) is 25.2. The van der Waals surface area contributed by atoms with Gasteiger partial charge in [0.2, 0.25) is 0 Å². The molecule has 9 nitrogen and oxygen atoms in total. The first-order valence-corrected chi connectivity index (χ1v) is 11.6. The van der Waals surface area contributed by atoms with Gasteiger partial charge in [-0.2, -0.15) is 8.75 Å². The first-order valence-electron chi connectivity index (χ1n) is 10.9. The molecule has 5 aromatic rings. The number of methoxy groups -OCH3 is 2. The van der Waals surface area contributed by atoms with Gasteiger partial charge in [0.1, 0.15) is 22.5 Å². The summed E-state index contributed by atoms with van der Waals surface area (Å²) in [5.41, 5.74) is 4.03. The summed E-state index contributed by atoms with van der Waals surface area (Å²) in [6.07, 6.45) is 1.64. The maximum Gasteiger partial charge on any atom is 0.336 e. The molecule has 0 amide bonds. The Labute approximate surface area is 209 Å². The van der Waals surface area contributed by atoms with Gasteiger partial charge in [0.15, 0.2) is 5.78 Å². The number of ketones is 1. The average molecular weight is 501 g/mol. The highest BCUT2D eigenvalue weighted by atomic mass is 32.1. The molecule has 0 saturated heterocycles. The largest absolute Gasteiger partial charge is 0.497 e. The van der Waals surface area contributed by atoms with E-state index >= 15 is 0 Å².